The van der Waals surface area contributed by atoms with Crippen molar-refractivity contribution < 1.29 is 14.3 Å². The van der Waals surface area contributed by atoms with Crippen molar-refractivity contribution in [3.63, 3.8) is 0 Å². The van der Waals surface area contributed by atoms with Gasteiger partial charge in [0, 0.05) is 10.7 Å². The molecule has 5 nitrogen and oxygen atoms in total. The fraction of sp³-hybridized carbons (Fsp3) is 0.176. The van der Waals surface area contributed by atoms with Gasteiger partial charge in [-0.1, -0.05) is 35.3 Å². The van der Waals surface area contributed by atoms with Crippen LogP contribution in [0.5, 0.6) is 5.75 Å². The average molecular weight is 367 g/mol. The smallest absolute Gasteiger partial charge is 0.325 e. The summed E-state index contributed by atoms with van der Waals surface area (Å²) < 4.78 is 5.26. The number of hydrogen-bond acceptors (Lipinski definition) is 3. The van der Waals surface area contributed by atoms with Crippen molar-refractivity contribution in [2.24, 2.45) is 0 Å². The molecule has 126 valence electrons. The zero-order valence-electron chi connectivity index (χ0n) is 13.2. The lowest BCUT2D eigenvalue weighted by molar-refractivity contribution is -0.121. The van der Waals surface area contributed by atoms with E-state index in [4.69, 9.17) is 27.9 Å². The Morgan fingerprint density at radius 1 is 1.12 bits per heavy atom. The normalized spacial score (nSPS) is 10.2. The molecule has 0 atom stereocenters. The number of urea groups is 1. The molecule has 0 unspecified atom stereocenters. The molecule has 0 bridgehead atoms. The second-order valence-electron chi connectivity index (χ2n) is 5.11. The molecule has 2 aromatic rings. The maximum atomic E-state index is 11.9. The number of imide groups is 1. The van der Waals surface area contributed by atoms with E-state index in [0.717, 1.165) is 11.1 Å². The first-order valence-electron chi connectivity index (χ1n) is 7.11. The maximum Gasteiger partial charge on any atom is 0.325 e. The molecule has 0 radical (unpaired) electrons. The highest BCUT2D eigenvalue weighted by molar-refractivity contribution is 6.35. The van der Waals surface area contributed by atoms with Crippen molar-refractivity contribution in [1.29, 1.82) is 0 Å². The summed E-state index contributed by atoms with van der Waals surface area (Å²) in [6, 6.07) is 9.54. The molecule has 0 saturated carbocycles. The maximum absolute atomic E-state index is 11.9. The number of ether oxygens (including phenoxy) is 1. The van der Waals surface area contributed by atoms with Crippen LogP contribution in [0, 0.1) is 13.8 Å². The van der Waals surface area contributed by atoms with Crippen molar-refractivity contribution in [2.45, 2.75) is 13.8 Å². The van der Waals surface area contributed by atoms with Gasteiger partial charge < -0.3 is 10.1 Å². The van der Waals surface area contributed by atoms with Gasteiger partial charge in [0.2, 0.25) is 0 Å². The van der Waals surface area contributed by atoms with Gasteiger partial charge in [-0.25, -0.2) is 4.79 Å². The van der Waals surface area contributed by atoms with Crippen LogP contribution in [0.15, 0.2) is 36.4 Å². The Hall–Kier alpha value is -2.24. The summed E-state index contributed by atoms with van der Waals surface area (Å²) in [5, 5.41) is 5.57. The van der Waals surface area contributed by atoms with Gasteiger partial charge in [0.25, 0.3) is 5.91 Å². The summed E-state index contributed by atoms with van der Waals surface area (Å²) in [4.78, 5) is 23.6. The summed E-state index contributed by atoms with van der Waals surface area (Å²) in [5.74, 6) is -0.282. The Kier molecular flexibility index (Phi) is 6.06. The number of nitrogens with one attached hydrogen (secondary N) is 2. The Morgan fingerprint density at radius 2 is 1.88 bits per heavy atom. The number of halogens is 2. The van der Waals surface area contributed by atoms with E-state index in [1.807, 2.05) is 26.0 Å². The first-order chi connectivity index (χ1) is 11.4. The number of rotatable bonds is 4. The predicted molar refractivity (Wildman–Crippen MR) is 95.0 cm³/mol. The van der Waals surface area contributed by atoms with Crippen LogP contribution in [0.2, 0.25) is 10.0 Å². The number of aryl methyl sites for hydroxylation is 1. The van der Waals surface area contributed by atoms with Gasteiger partial charge in [0.15, 0.2) is 6.61 Å². The molecule has 0 saturated heterocycles. The van der Waals surface area contributed by atoms with Crippen LogP contribution in [0.3, 0.4) is 0 Å². The van der Waals surface area contributed by atoms with E-state index in [2.05, 4.69) is 10.6 Å². The van der Waals surface area contributed by atoms with Crippen LogP contribution in [-0.2, 0) is 4.79 Å². The number of carbonyl (C=O) groups excluding carboxylic acids is 2. The Balaban J connectivity index is 1.87. The van der Waals surface area contributed by atoms with Gasteiger partial charge in [0.05, 0.1) is 5.02 Å². The average Bonchev–Trinajstić information content (AvgIpc) is 2.51. The summed E-state index contributed by atoms with van der Waals surface area (Å²) in [5.41, 5.74) is 2.62. The van der Waals surface area contributed by atoms with Gasteiger partial charge >= 0.3 is 6.03 Å². The molecule has 0 fully saturated rings. The van der Waals surface area contributed by atoms with E-state index in [9.17, 15) is 9.59 Å². The molecule has 0 spiro atoms. The topological polar surface area (TPSA) is 67.4 Å². The standard InChI is InChI=1S/C17H16Cl2N2O3/c1-10-4-3-5-14(11(10)2)20-17(23)21-16(22)9-24-15-7-6-12(18)8-13(15)19/h3-8H,9H2,1-2H3,(H2,20,21,22,23). The lowest BCUT2D eigenvalue weighted by atomic mass is 10.1. The molecule has 0 aliphatic heterocycles. The highest BCUT2D eigenvalue weighted by atomic mass is 35.5. The molecule has 0 aliphatic rings. The highest BCUT2D eigenvalue weighted by Crippen LogP contribution is 2.27. The largest absolute Gasteiger partial charge is 0.482 e. The van der Waals surface area contributed by atoms with Gasteiger partial charge in [0.1, 0.15) is 5.75 Å². The minimum Gasteiger partial charge on any atom is -0.482 e. The number of carbonyl (C=O) groups is 2. The van der Waals surface area contributed by atoms with E-state index in [1.54, 1.807) is 18.2 Å². The summed E-state index contributed by atoms with van der Waals surface area (Å²) in [6.45, 7) is 3.48. The predicted octanol–water partition coefficient (Wildman–Crippen LogP) is 4.34. The second-order valence-corrected chi connectivity index (χ2v) is 5.96. The molecule has 2 rings (SSSR count). The molecule has 2 N–H and O–H groups in total. The highest BCUT2D eigenvalue weighted by Gasteiger charge is 2.11. The Bertz CT molecular complexity index is 778. The number of amides is 3. The third kappa shape index (κ3) is 4.88. The summed E-state index contributed by atoms with van der Waals surface area (Å²) in [6.07, 6.45) is 0. The monoisotopic (exact) mass is 366 g/mol. The van der Waals surface area contributed by atoms with Crippen LogP contribution in [0.4, 0.5) is 10.5 Å². The van der Waals surface area contributed by atoms with Crippen LogP contribution < -0.4 is 15.4 Å². The molecule has 3 amide bonds. The van der Waals surface area contributed by atoms with Gasteiger partial charge in [-0.2, -0.15) is 0 Å². The van der Waals surface area contributed by atoms with Crippen LogP contribution in [-0.4, -0.2) is 18.5 Å². The first kappa shape index (κ1) is 18.1. The van der Waals surface area contributed by atoms with E-state index in [0.29, 0.717) is 16.5 Å². The van der Waals surface area contributed by atoms with Crippen molar-refractivity contribution >= 4 is 40.8 Å². The van der Waals surface area contributed by atoms with Crippen LogP contribution >= 0.6 is 23.2 Å². The molecule has 2 aromatic carbocycles. The van der Waals surface area contributed by atoms with E-state index in [-0.39, 0.29) is 11.6 Å². The van der Waals surface area contributed by atoms with Gasteiger partial charge in [-0.3, -0.25) is 10.1 Å². The summed E-state index contributed by atoms with van der Waals surface area (Å²) >= 11 is 11.7. The third-order valence-corrected chi connectivity index (χ3v) is 3.89. The number of anilines is 1. The van der Waals surface area contributed by atoms with E-state index < -0.39 is 11.9 Å². The van der Waals surface area contributed by atoms with Crippen molar-refractivity contribution in [2.75, 3.05) is 11.9 Å². The molecule has 7 heteroatoms. The number of hydrogen-bond donors (Lipinski definition) is 2. The van der Waals surface area contributed by atoms with Crippen molar-refractivity contribution in [1.82, 2.24) is 5.32 Å². The van der Waals surface area contributed by atoms with Gasteiger partial charge in [-0.05, 0) is 49.2 Å². The zero-order chi connectivity index (χ0) is 17.7. The zero-order valence-corrected chi connectivity index (χ0v) is 14.7. The van der Waals surface area contributed by atoms with E-state index in [1.165, 1.54) is 6.07 Å². The lowest BCUT2D eigenvalue weighted by Crippen LogP contribution is -2.37. The van der Waals surface area contributed by atoms with E-state index >= 15 is 0 Å². The van der Waals surface area contributed by atoms with Crippen LogP contribution in [0.25, 0.3) is 0 Å². The fourth-order valence-electron chi connectivity index (χ4n) is 1.94. The quantitative estimate of drug-likeness (QED) is 0.845. The van der Waals surface area contributed by atoms with Crippen LogP contribution in [0.1, 0.15) is 11.1 Å². The van der Waals surface area contributed by atoms with Crippen molar-refractivity contribution in [3.8, 4) is 5.75 Å². The minimum absolute atomic E-state index is 0.287. The molecular formula is C17H16Cl2N2O3. The second kappa shape index (κ2) is 8.04. The first-order valence-corrected chi connectivity index (χ1v) is 7.87. The molecular weight excluding hydrogens is 351 g/mol. The van der Waals surface area contributed by atoms with Crippen molar-refractivity contribution in [3.05, 3.63) is 57.6 Å². The number of benzene rings is 2. The Labute approximate surface area is 149 Å². The SMILES string of the molecule is Cc1cccc(NC(=O)NC(=O)COc2ccc(Cl)cc2Cl)c1C. The fourth-order valence-corrected chi connectivity index (χ4v) is 2.40. The molecule has 0 aliphatic carbocycles. The summed E-state index contributed by atoms with van der Waals surface area (Å²) in [7, 11) is 0. The molecule has 0 aromatic heterocycles. The Morgan fingerprint density at radius 3 is 2.58 bits per heavy atom. The lowest BCUT2D eigenvalue weighted by Gasteiger charge is -2.11. The third-order valence-electron chi connectivity index (χ3n) is 3.36. The van der Waals surface area contributed by atoms with Gasteiger partial charge in [-0.15, -0.1) is 0 Å². The molecule has 0 heterocycles. The molecule has 24 heavy (non-hydrogen) atoms. The minimum atomic E-state index is -0.625.